The molecule has 4 rings (SSSR count). The van der Waals surface area contributed by atoms with Gasteiger partial charge >= 0.3 is 0 Å². The Labute approximate surface area is 174 Å². The van der Waals surface area contributed by atoms with E-state index in [2.05, 4.69) is 10.3 Å². The first-order valence-corrected chi connectivity index (χ1v) is 9.84. The summed E-state index contributed by atoms with van der Waals surface area (Å²) in [7, 11) is 0. The highest BCUT2D eigenvalue weighted by Gasteiger charge is 2.17. The van der Waals surface area contributed by atoms with Crippen LogP contribution in [0.2, 0.25) is 4.34 Å². The molecule has 2 aromatic carbocycles. The van der Waals surface area contributed by atoms with Crippen molar-refractivity contribution in [2.45, 2.75) is 6.92 Å². The Balaban J connectivity index is 1.77. The smallest absolute Gasteiger partial charge is 0.274 e. The summed E-state index contributed by atoms with van der Waals surface area (Å²) in [6.45, 7) is 1.65. The van der Waals surface area contributed by atoms with Crippen molar-refractivity contribution in [2.75, 3.05) is 5.32 Å². The number of rotatable bonds is 4. The van der Waals surface area contributed by atoms with Crippen LogP contribution in [0.4, 0.5) is 11.4 Å². The number of aromatic nitrogens is 1. The Bertz CT molecular complexity index is 1270. The van der Waals surface area contributed by atoms with Crippen LogP contribution in [0.1, 0.15) is 15.9 Å². The number of halogens is 1. The lowest BCUT2D eigenvalue weighted by atomic mass is 10.1. The number of nitrogens with one attached hydrogen (secondary N) is 1. The molecule has 0 aliphatic heterocycles. The number of carbonyl (C=O) groups excluding carboxylic acids is 1. The lowest BCUT2D eigenvalue weighted by molar-refractivity contribution is -0.385. The van der Waals surface area contributed by atoms with Gasteiger partial charge in [-0.05, 0) is 37.3 Å². The summed E-state index contributed by atoms with van der Waals surface area (Å²) < 4.78 is 0.632. The van der Waals surface area contributed by atoms with Crippen molar-refractivity contribution in [2.24, 2.45) is 0 Å². The van der Waals surface area contributed by atoms with Gasteiger partial charge in [-0.25, -0.2) is 4.98 Å². The molecule has 0 spiro atoms. The summed E-state index contributed by atoms with van der Waals surface area (Å²) in [5.74, 6) is -0.370. The average molecular weight is 424 g/mol. The van der Waals surface area contributed by atoms with Crippen LogP contribution in [0.5, 0.6) is 0 Å². The fraction of sp³-hybridized carbons (Fsp3) is 0.0476. The van der Waals surface area contributed by atoms with E-state index in [1.807, 2.05) is 30.3 Å². The van der Waals surface area contributed by atoms with E-state index in [-0.39, 0.29) is 11.6 Å². The zero-order valence-electron chi connectivity index (χ0n) is 15.2. The summed E-state index contributed by atoms with van der Waals surface area (Å²) in [6, 6.07) is 17.3. The van der Waals surface area contributed by atoms with Crippen LogP contribution in [0.3, 0.4) is 0 Å². The number of para-hydroxylation sites is 1. The fourth-order valence-electron chi connectivity index (χ4n) is 3.02. The third-order valence-corrected chi connectivity index (χ3v) is 5.70. The SMILES string of the molecule is Cc1ccc(NC(=O)c2cc(-c3ccc(Cl)s3)nc3ccccc23)cc1[N+](=O)[O-]. The van der Waals surface area contributed by atoms with E-state index in [0.717, 1.165) is 4.88 Å². The number of hydrogen-bond donors (Lipinski definition) is 1. The normalized spacial score (nSPS) is 10.8. The van der Waals surface area contributed by atoms with Crippen molar-refractivity contribution < 1.29 is 9.72 Å². The molecule has 0 aliphatic carbocycles. The quantitative estimate of drug-likeness (QED) is 0.318. The number of nitro groups is 1. The monoisotopic (exact) mass is 423 g/mol. The summed E-state index contributed by atoms with van der Waals surface area (Å²) in [4.78, 5) is 29.3. The molecule has 0 saturated carbocycles. The molecule has 0 saturated heterocycles. The number of carbonyl (C=O) groups is 1. The molecule has 0 unspecified atom stereocenters. The standard InChI is InChI=1S/C21H14ClN3O3S/c1-12-6-7-13(10-18(12)25(27)28)23-21(26)15-11-17(19-8-9-20(22)29-19)24-16-5-3-2-4-14(15)16/h2-11H,1H3,(H,23,26). The first kappa shape index (κ1) is 19.0. The van der Waals surface area contributed by atoms with Crippen LogP contribution >= 0.6 is 22.9 Å². The minimum absolute atomic E-state index is 0.0451. The van der Waals surface area contributed by atoms with E-state index in [0.29, 0.717) is 37.7 Å². The van der Waals surface area contributed by atoms with Gasteiger partial charge in [-0.2, -0.15) is 0 Å². The molecular formula is C21H14ClN3O3S. The van der Waals surface area contributed by atoms with Crippen molar-refractivity contribution >= 4 is 51.1 Å². The molecule has 2 aromatic heterocycles. The van der Waals surface area contributed by atoms with Crippen molar-refractivity contribution in [1.29, 1.82) is 0 Å². The molecule has 0 fully saturated rings. The van der Waals surface area contributed by atoms with Gasteiger partial charge in [-0.1, -0.05) is 35.9 Å². The molecule has 8 heteroatoms. The third-order valence-electron chi connectivity index (χ3n) is 4.45. The Morgan fingerprint density at radius 2 is 1.93 bits per heavy atom. The van der Waals surface area contributed by atoms with Gasteiger partial charge in [0.05, 0.1) is 30.9 Å². The van der Waals surface area contributed by atoms with Gasteiger partial charge in [0.25, 0.3) is 11.6 Å². The summed E-state index contributed by atoms with van der Waals surface area (Å²) >= 11 is 7.42. The molecular weight excluding hydrogens is 410 g/mol. The highest BCUT2D eigenvalue weighted by molar-refractivity contribution is 7.19. The Kier molecular flexibility index (Phi) is 5.00. The zero-order valence-corrected chi connectivity index (χ0v) is 16.8. The Hall–Kier alpha value is -3.29. The van der Waals surface area contributed by atoms with Gasteiger partial charge in [0, 0.05) is 22.7 Å². The van der Waals surface area contributed by atoms with E-state index < -0.39 is 4.92 Å². The second-order valence-electron chi connectivity index (χ2n) is 6.39. The third kappa shape index (κ3) is 3.83. The number of pyridine rings is 1. The van der Waals surface area contributed by atoms with E-state index >= 15 is 0 Å². The zero-order chi connectivity index (χ0) is 20.5. The lowest BCUT2D eigenvalue weighted by Gasteiger charge is -2.10. The van der Waals surface area contributed by atoms with E-state index in [1.165, 1.54) is 17.4 Å². The second-order valence-corrected chi connectivity index (χ2v) is 8.10. The fourth-order valence-corrected chi connectivity index (χ4v) is 4.03. The number of amides is 1. The average Bonchev–Trinajstić information content (AvgIpc) is 3.14. The maximum absolute atomic E-state index is 13.1. The van der Waals surface area contributed by atoms with Crippen LogP contribution in [-0.4, -0.2) is 15.8 Å². The first-order chi connectivity index (χ1) is 13.9. The minimum atomic E-state index is -0.467. The molecule has 0 bridgehead atoms. The number of nitro benzene ring substituents is 1. The van der Waals surface area contributed by atoms with Crippen LogP contribution in [0, 0.1) is 17.0 Å². The van der Waals surface area contributed by atoms with Crippen LogP contribution in [0.15, 0.2) is 60.7 Å². The molecule has 6 nitrogen and oxygen atoms in total. The molecule has 0 atom stereocenters. The summed E-state index contributed by atoms with van der Waals surface area (Å²) in [5.41, 5.74) is 2.58. The van der Waals surface area contributed by atoms with Crippen molar-refractivity contribution in [3.63, 3.8) is 0 Å². The molecule has 144 valence electrons. The van der Waals surface area contributed by atoms with Gasteiger partial charge in [-0.3, -0.25) is 14.9 Å². The summed E-state index contributed by atoms with van der Waals surface area (Å²) in [5, 5.41) is 14.6. The van der Waals surface area contributed by atoms with Gasteiger partial charge < -0.3 is 5.32 Å². The maximum atomic E-state index is 13.1. The van der Waals surface area contributed by atoms with E-state index in [1.54, 1.807) is 31.2 Å². The number of benzene rings is 2. The topological polar surface area (TPSA) is 85.1 Å². The molecule has 4 aromatic rings. The molecule has 2 heterocycles. The molecule has 1 amide bonds. The number of fused-ring (bicyclic) bond motifs is 1. The highest BCUT2D eigenvalue weighted by atomic mass is 35.5. The van der Waals surface area contributed by atoms with Crippen LogP contribution in [-0.2, 0) is 0 Å². The van der Waals surface area contributed by atoms with Crippen molar-refractivity contribution in [3.05, 3.63) is 86.2 Å². The van der Waals surface area contributed by atoms with Gasteiger partial charge in [0.1, 0.15) is 0 Å². The predicted molar refractivity (Wildman–Crippen MR) is 116 cm³/mol. The van der Waals surface area contributed by atoms with Crippen LogP contribution < -0.4 is 5.32 Å². The predicted octanol–water partition coefficient (Wildman–Crippen LogP) is 6.09. The van der Waals surface area contributed by atoms with Crippen molar-refractivity contribution in [3.8, 4) is 10.6 Å². The Morgan fingerprint density at radius 3 is 2.66 bits per heavy atom. The largest absolute Gasteiger partial charge is 0.322 e. The van der Waals surface area contributed by atoms with Gasteiger partial charge in [0.15, 0.2) is 0 Å². The number of anilines is 1. The molecule has 0 aliphatic rings. The maximum Gasteiger partial charge on any atom is 0.274 e. The molecule has 29 heavy (non-hydrogen) atoms. The van der Waals surface area contributed by atoms with Crippen molar-refractivity contribution in [1.82, 2.24) is 4.98 Å². The van der Waals surface area contributed by atoms with Gasteiger partial charge in [-0.15, -0.1) is 11.3 Å². The first-order valence-electron chi connectivity index (χ1n) is 8.64. The number of thiophene rings is 1. The van der Waals surface area contributed by atoms with E-state index in [4.69, 9.17) is 11.6 Å². The highest BCUT2D eigenvalue weighted by Crippen LogP contribution is 2.32. The second kappa shape index (κ2) is 7.62. The minimum Gasteiger partial charge on any atom is -0.322 e. The number of aryl methyl sites for hydroxylation is 1. The number of nitrogens with zero attached hydrogens (tertiary/aromatic N) is 2. The lowest BCUT2D eigenvalue weighted by Crippen LogP contribution is -2.13. The van der Waals surface area contributed by atoms with Gasteiger partial charge in [0.2, 0.25) is 0 Å². The molecule has 0 radical (unpaired) electrons. The number of hydrogen-bond acceptors (Lipinski definition) is 5. The molecule has 1 N–H and O–H groups in total. The Morgan fingerprint density at radius 1 is 1.14 bits per heavy atom. The van der Waals surface area contributed by atoms with E-state index in [9.17, 15) is 14.9 Å². The van der Waals surface area contributed by atoms with Crippen LogP contribution in [0.25, 0.3) is 21.5 Å². The summed E-state index contributed by atoms with van der Waals surface area (Å²) in [6.07, 6.45) is 0.